The van der Waals surface area contributed by atoms with E-state index in [0.717, 1.165) is 6.54 Å². The Bertz CT molecular complexity index is 237. The van der Waals surface area contributed by atoms with Gasteiger partial charge in [-0.25, -0.2) is 4.79 Å². The highest BCUT2D eigenvalue weighted by atomic mass is 16.4. The van der Waals surface area contributed by atoms with E-state index in [-0.39, 0.29) is 6.04 Å². The van der Waals surface area contributed by atoms with E-state index >= 15 is 0 Å². The summed E-state index contributed by atoms with van der Waals surface area (Å²) in [5.41, 5.74) is -0.477. The summed E-state index contributed by atoms with van der Waals surface area (Å²) in [5, 5.41) is 22.0. The monoisotopic (exact) mass is 216 g/mol. The molecular weight excluding hydrogens is 196 g/mol. The molecule has 5 heteroatoms. The maximum absolute atomic E-state index is 11.2. The average Bonchev–Trinajstić information content (AvgIpc) is 2.05. The standard InChI is InChI=1S/C10H20N2O3/c1-10(2,3)12(9(14)15)7-4-5-11-6-8(7)13/h7-8,11,13H,4-6H2,1-3H3,(H,14,15)/t7-,8-/m0/s1. The normalized spacial score (nSPS) is 27.5. The zero-order valence-electron chi connectivity index (χ0n) is 9.53. The summed E-state index contributed by atoms with van der Waals surface area (Å²) in [7, 11) is 0. The van der Waals surface area contributed by atoms with Gasteiger partial charge >= 0.3 is 6.09 Å². The average molecular weight is 216 g/mol. The largest absolute Gasteiger partial charge is 0.465 e. The van der Waals surface area contributed by atoms with Crippen molar-refractivity contribution < 1.29 is 15.0 Å². The number of carboxylic acid groups (broad SMARTS) is 1. The Hall–Kier alpha value is -0.810. The molecule has 2 atom stereocenters. The molecule has 0 aliphatic carbocycles. The second-order valence-corrected chi connectivity index (χ2v) is 4.95. The van der Waals surface area contributed by atoms with E-state index in [1.54, 1.807) is 0 Å². The van der Waals surface area contributed by atoms with Crippen LogP contribution in [0, 0.1) is 0 Å². The third kappa shape index (κ3) is 2.82. The molecule has 1 heterocycles. The predicted molar refractivity (Wildman–Crippen MR) is 56.9 cm³/mol. The molecule has 3 N–H and O–H groups in total. The zero-order chi connectivity index (χ0) is 11.6. The molecule has 0 unspecified atom stereocenters. The van der Waals surface area contributed by atoms with Gasteiger partial charge in [0, 0.05) is 12.1 Å². The van der Waals surface area contributed by atoms with Gasteiger partial charge in [0.25, 0.3) is 0 Å². The van der Waals surface area contributed by atoms with Crippen LogP contribution in [-0.2, 0) is 0 Å². The van der Waals surface area contributed by atoms with Crippen LogP contribution in [0.5, 0.6) is 0 Å². The van der Waals surface area contributed by atoms with Gasteiger partial charge in [0.15, 0.2) is 0 Å². The number of carbonyl (C=O) groups is 1. The Morgan fingerprint density at radius 3 is 2.47 bits per heavy atom. The van der Waals surface area contributed by atoms with Gasteiger partial charge in [-0.2, -0.15) is 0 Å². The summed E-state index contributed by atoms with van der Waals surface area (Å²) in [5.74, 6) is 0. The highest BCUT2D eigenvalue weighted by Gasteiger charge is 2.38. The zero-order valence-corrected chi connectivity index (χ0v) is 9.53. The van der Waals surface area contributed by atoms with E-state index < -0.39 is 17.7 Å². The maximum Gasteiger partial charge on any atom is 0.408 e. The number of rotatable bonds is 1. The van der Waals surface area contributed by atoms with Crippen molar-refractivity contribution >= 4 is 6.09 Å². The lowest BCUT2D eigenvalue weighted by atomic mass is 9.96. The number of piperidine rings is 1. The lowest BCUT2D eigenvalue weighted by molar-refractivity contribution is -0.00589. The third-order valence-corrected chi connectivity index (χ3v) is 2.67. The molecule has 15 heavy (non-hydrogen) atoms. The summed E-state index contributed by atoms with van der Waals surface area (Å²) in [6, 6.07) is -0.302. The van der Waals surface area contributed by atoms with Gasteiger partial charge in [0.1, 0.15) is 0 Å². The van der Waals surface area contributed by atoms with Gasteiger partial charge < -0.3 is 15.5 Å². The predicted octanol–water partition coefficient (Wildman–Crippen LogP) is 0.488. The molecule has 0 saturated carbocycles. The molecule has 1 aliphatic rings. The SMILES string of the molecule is CC(C)(C)N(C(=O)O)[C@H]1CCNC[C@@H]1O. The number of hydrogen-bond donors (Lipinski definition) is 3. The van der Waals surface area contributed by atoms with E-state index in [0.29, 0.717) is 13.0 Å². The van der Waals surface area contributed by atoms with Crippen molar-refractivity contribution in [3.63, 3.8) is 0 Å². The first kappa shape index (κ1) is 12.3. The summed E-state index contributed by atoms with van der Waals surface area (Å²) < 4.78 is 0. The second-order valence-electron chi connectivity index (χ2n) is 4.95. The minimum Gasteiger partial charge on any atom is -0.465 e. The van der Waals surface area contributed by atoms with Gasteiger partial charge in [-0.15, -0.1) is 0 Å². The van der Waals surface area contributed by atoms with Gasteiger partial charge in [-0.05, 0) is 33.7 Å². The molecule has 1 fully saturated rings. The number of hydrogen-bond acceptors (Lipinski definition) is 3. The maximum atomic E-state index is 11.2. The molecule has 1 amide bonds. The van der Waals surface area contributed by atoms with Crippen molar-refractivity contribution in [3.05, 3.63) is 0 Å². The number of aliphatic hydroxyl groups excluding tert-OH is 1. The molecule has 0 radical (unpaired) electrons. The van der Waals surface area contributed by atoms with E-state index in [9.17, 15) is 15.0 Å². The molecule has 0 bridgehead atoms. The lowest BCUT2D eigenvalue weighted by Gasteiger charge is -2.43. The van der Waals surface area contributed by atoms with Crippen molar-refractivity contribution in [2.45, 2.75) is 44.9 Å². The van der Waals surface area contributed by atoms with Crippen molar-refractivity contribution in [2.24, 2.45) is 0 Å². The third-order valence-electron chi connectivity index (χ3n) is 2.67. The minimum absolute atomic E-state index is 0.302. The molecule has 1 aliphatic heterocycles. The molecule has 0 aromatic heterocycles. The second kappa shape index (κ2) is 4.37. The van der Waals surface area contributed by atoms with Crippen LogP contribution in [0.4, 0.5) is 4.79 Å². The first-order valence-electron chi connectivity index (χ1n) is 5.25. The summed E-state index contributed by atoms with van der Waals surface area (Å²) in [6.45, 7) is 6.74. The Morgan fingerprint density at radius 1 is 1.47 bits per heavy atom. The Kier molecular flexibility index (Phi) is 3.57. The van der Waals surface area contributed by atoms with Crippen molar-refractivity contribution in [1.82, 2.24) is 10.2 Å². The molecule has 0 spiro atoms. The summed E-state index contributed by atoms with van der Waals surface area (Å²) in [6.07, 6.45) is -0.924. The Morgan fingerprint density at radius 2 is 2.07 bits per heavy atom. The van der Waals surface area contributed by atoms with Gasteiger partial charge in [-0.1, -0.05) is 0 Å². The highest BCUT2D eigenvalue weighted by Crippen LogP contribution is 2.22. The van der Waals surface area contributed by atoms with Crippen LogP contribution in [0.2, 0.25) is 0 Å². The number of nitrogens with one attached hydrogen (secondary N) is 1. The molecule has 0 aromatic carbocycles. The fourth-order valence-corrected chi connectivity index (χ4v) is 2.06. The van der Waals surface area contributed by atoms with E-state index in [1.165, 1.54) is 4.90 Å². The van der Waals surface area contributed by atoms with Crippen LogP contribution in [0.1, 0.15) is 27.2 Å². The molecule has 5 nitrogen and oxygen atoms in total. The van der Waals surface area contributed by atoms with Gasteiger partial charge in [0.2, 0.25) is 0 Å². The Balaban J connectivity index is 2.83. The van der Waals surface area contributed by atoms with Crippen LogP contribution in [0.3, 0.4) is 0 Å². The summed E-state index contributed by atoms with van der Waals surface area (Å²) in [4.78, 5) is 12.5. The van der Waals surface area contributed by atoms with Crippen LogP contribution >= 0.6 is 0 Å². The quantitative estimate of drug-likeness (QED) is 0.596. The number of β-amino-alcohol motifs (C(OH)–C–C–N with tert-alkyl or cyclic N) is 1. The molecule has 0 aromatic rings. The Labute approximate surface area is 90.1 Å². The van der Waals surface area contributed by atoms with Gasteiger partial charge in [0.05, 0.1) is 12.1 Å². The lowest BCUT2D eigenvalue weighted by Crippen LogP contribution is -2.60. The van der Waals surface area contributed by atoms with E-state index in [2.05, 4.69) is 5.32 Å². The van der Waals surface area contributed by atoms with E-state index in [1.807, 2.05) is 20.8 Å². The fraction of sp³-hybridized carbons (Fsp3) is 0.900. The van der Waals surface area contributed by atoms with Crippen LogP contribution in [-0.4, -0.2) is 52.0 Å². The minimum atomic E-state index is -0.964. The topological polar surface area (TPSA) is 72.8 Å². The number of amides is 1. The molecular formula is C10H20N2O3. The molecule has 88 valence electrons. The summed E-state index contributed by atoms with van der Waals surface area (Å²) >= 11 is 0. The van der Waals surface area contributed by atoms with Crippen LogP contribution < -0.4 is 5.32 Å². The first-order valence-corrected chi connectivity index (χ1v) is 5.25. The fourth-order valence-electron chi connectivity index (χ4n) is 2.06. The first-order chi connectivity index (χ1) is 6.84. The molecule has 1 rings (SSSR count). The van der Waals surface area contributed by atoms with Gasteiger partial charge in [-0.3, -0.25) is 4.90 Å². The van der Waals surface area contributed by atoms with Crippen LogP contribution in [0.25, 0.3) is 0 Å². The number of aliphatic hydroxyl groups is 1. The smallest absolute Gasteiger partial charge is 0.408 e. The molecule has 1 saturated heterocycles. The van der Waals surface area contributed by atoms with Crippen LogP contribution in [0.15, 0.2) is 0 Å². The van der Waals surface area contributed by atoms with E-state index in [4.69, 9.17) is 0 Å². The number of nitrogens with zero attached hydrogens (tertiary/aromatic N) is 1. The van der Waals surface area contributed by atoms with Crippen molar-refractivity contribution in [1.29, 1.82) is 0 Å². The highest BCUT2D eigenvalue weighted by molar-refractivity contribution is 5.66. The van der Waals surface area contributed by atoms with Crippen molar-refractivity contribution in [3.8, 4) is 0 Å². The van der Waals surface area contributed by atoms with Crippen molar-refractivity contribution in [2.75, 3.05) is 13.1 Å².